The summed E-state index contributed by atoms with van der Waals surface area (Å²) in [5.41, 5.74) is 2.67. The number of benzene rings is 1. The Labute approximate surface area is 239 Å². The first-order valence-corrected chi connectivity index (χ1v) is 16.7. The molecule has 1 aliphatic rings. The monoisotopic (exact) mass is 592 g/mol. The number of aromatic amines is 1. The van der Waals surface area contributed by atoms with Gasteiger partial charge in [-0.15, -0.1) is 0 Å². The average molecular weight is 594 g/mol. The van der Waals surface area contributed by atoms with E-state index in [1.807, 2.05) is 12.1 Å². The Hall–Kier alpha value is -2.30. The Kier molecular flexibility index (Phi) is 9.18. The molecule has 39 heavy (non-hydrogen) atoms. The smallest absolute Gasteiger partial charge is 0.248 e. The van der Waals surface area contributed by atoms with Gasteiger partial charge in [0.15, 0.2) is 8.32 Å². The van der Waals surface area contributed by atoms with E-state index in [-0.39, 0.29) is 23.3 Å². The maximum absolute atomic E-state index is 14.3. The summed E-state index contributed by atoms with van der Waals surface area (Å²) in [5, 5.41) is 3.98. The van der Waals surface area contributed by atoms with Gasteiger partial charge >= 0.3 is 0 Å². The highest BCUT2D eigenvalue weighted by Crippen LogP contribution is 2.41. The molecule has 0 bridgehead atoms. The molecule has 3 atom stereocenters. The number of ether oxygens (including phenoxy) is 1. The standard InChI is InChI=1S/C28H35Cl2FN4O3Si/c1-28(2,3)39(4,5)38-25(17-6-7-20(29)21(30)12-17)13-18-15-33-26(36)14-19(18)23-8-10-32-27(34-23)35-24-9-11-37-16-22(24)31/h6-8,10,12,14-15,22,24-25H,9,11,13,16H2,1-5H3,(H,33,36)(H,32,34,35)/t22-,24+,25?/m1/s1. The van der Waals surface area contributed by atoms with E-state index >= 15 is 0 Å². The fourth-order valence-electron chi connectivity index (χ4n) is 4.19. The van der Waals surface area contributed by atoms with Crippen LogP contribution in [0.25, 0.3) is 11.3 Å². The van der Waals surface area contributed by atoms with Crippen molar-refractivity contribution in [1.29, 1.82) is 0 Å². The van der Waals surface area contributed by atoms with Gasteiger partial charge in [0.25, 0.3) is 0 Å². The highest BCUT2D eigenvalue weighted by Gasteiger charge is 2.39. The summed E-state index contributed by atoms with van der Waals surface area (Å²) in [7, 11) is -2.21. The van der Waals surface area contributed by atoms with E-state index in [4.69, 9.17) is 32.4 Å². The average Bonchev–Trinajstić information content (AvgIpc) is 2.87. The molecule has 3 heterocycles. The maximum atomic E-state index is 14.3. The lowest BCUT2D eigenvalue weighted by Crippen LogP contribution is -2.42. The third-order valence-corrected chi connectivity index (χ3v) is 12.7. The number of nitrogens with one attached hydrogen (secondary N) is 2. The quantitative estimate of drug-likeness (QED) is 0.274. The predicted octanol–water partition coefficient (Wildman–Crippen LogP) is 6.98. The molecule has 4 rings (SSSR count). The van der Waals surface area contributed by atoms with Crippen LogP contribution in [0, 0.1) is 0 Å². The summed E-state index contributed by atoms with van der Waals surface area (Å²) in [4.78, 5) is 24.1. The van der Waals surface area contributed by atoms with E-state index in [0.29, 0.717) is 46.7 Å². The summed E-state index contributed by atoms with van der Waals surface area (Å²) < 4.78 is 26.4. The van der Waals surface area contributed by atoms with Gasteiger partial charge in [-0.3, -0.25) is 4.79 Å². The van der Waals surface area contributed by atoms with Crippen LogP contribution in [-0.2, 0) is 15.6 Å². The first-order valence-electron chi connectivity index (χ1n) is 13.0. The summed E-state index contributed by atoms with van der Waals surface area (Å²) in [6.07, 6.45) is 2.77. The van der Waals surface area contributed by atoms with Crippen molar-refractivity contribution in [2.24, 2.45) is 0 Å². The first-order chi connectivity index (χ1) is 18.3. The van der Waals surface area contributed by atoms with Gasteiger partial charge in [-0.25, -0.2) is 14.4 Å². The van der Waals surface area contributed by atoms with Crippen molar-refractivity contribution in [2.75, 3.05) is 18.5 Å². The summed E-state index contributed by atoms with van der Waals surface area (Å²) in [6.45, 7) is 11.5. The second-order valence-electron chi connectivity index (χ2n) is 11.4. The lowest BCUT2D eigenvalue weighted by molar-refractivity contribution is 0.0284. The summed E-state index contributed by atoms with van der Waals surface area (Å²) >= 11 is 12.6. The molecule has 0 amide bonds. The maximum Gasteiger partial charge on any atom is 0.248 e. The number of aromatic nitrogens is 3. The Bertz CT molecular complexity index is 1370. The van der Waals surface area contributed by atoms with Crippen LogP contribution in [-0.4, -0.2) is 48.7 Å². The van der Waals surface area contributed by atoms with Crippen molar-refractivity contribution >= 4 is 37.5 Å². The number of alkyl halides is 1. The molecule has 1 aromatic carbocycles. The van der Waals surface area contributed by atoms with Crippen molar-refractivity contribution < 1.29 is 13.6 Å². The molecule has 210 valence electrons. The van der Waals surface area contributed by atoms with Gasteiger partial charge in [-0.1, -0.05) is 50.0 Å². The zero-order valence-electron chi connectivity index (χ0n) is 22.9. The van der Waals surface area contributed by atoms with E-state index < -0.39 is 20.5 Å². The van der Waals surface area contributed by atoms with Gasteiger partial charge in [0, 0.05) is 37.1 Å². The van der Waals surface area contributed by atoms with Gasteiger partial charge in [0.2, 0.25) is 11.5 Å². The van der Waals surface area contributed by atoms with Gasteiger partial charge in [-0.2, -0.15) is 0 Å². The topological polar surface area (TPSA) is 89.1 Å². The van der Waals surface area contributed by atoms with Crippen molar-refractivity contribution in [3.63, 3.8) is 0 Å². The minimum absolute atomic E-state index is 0.0268. The fourth-order valence-corrected chi connectivity index (χ4v) is 5.78. The van der Waals surface area contributed by atoms with Gasteiger partial charge in [0.05, 0.1) is 34.5 Å². The number of H-pyrrole nitrogens is 1. The number of hydrogen-bond donors (Lipinski definition) is 2. The fraction of sp³-hybridized carbons (Fsp3) is 0.464. The molecular weight excluding hydrogens is 558 g/mol. The van der Waals surface area contributed by atoms with E-state index in [2.05, 4.69) is 54.1 Å². The normalized spacial score (nSPS) is 19.1. The number of pyridine rings is 1. The third-order valence-electron chi connectivity index (χ3n) is 7.51. The Morgan fingerprint density at radius 3 is 2.69 bits per heavy atom. The van der Waals surface area contributed by atoms with E-state index in [0.717, 1.165) is 11.1 Å². The van der Waals surface area contributed by atoms with Gasteiger partial charge < -0.3 is 19.5 Å². The van der Waals surface area contributed by atoms with Gasteiger partial charge in [-0.05, 0) is 53.9 Å². The highest BCUT2D eigenvalue weighted by molar-refractivity contribution is 6.74. The van der Waals surface area contributed by atoms with E-state index in [1.165, 1.54) is 6.07 Å². The number of halogens is 3. The third kappa shape index (κ3) is 7.26. The second-order valence-corrected chi connectivity index (χ2v) is 16.9. The van der Waals surface area contributed by atoms with Crippen LogP contribution in [0.3, 0.4) is 0 Å². The lowest BCUT2D eigenvalue weighted by atomic mass is 9.97. The molecule has 2 aromatic heterocycles. The zero-order valence-corrected chi connectivity index (χ0v) is 25.4. The van der Waals surface area contributed by atoms with Crippen LogP contribution >= 0.6 is 23.2 Å². The van der Waals surface area contributed by atoms with E-state index in [9.17, 15) is 9.18 Å². The molecule has 1 unspecified atom stereocenters. The molecule has 2 N–H and O–H groups in total. The SMILES string of the molecule is CC(C)(C)[Si](C)(C)OC(Cc1c[nH]c(=O)cc1-c1ccnc(N[C@H]2CCOC[C@H]2F)n1)c1ccc(Cl)c(Cl)c1. The molecule has 1 fully saturated rings. The Morgan fingerprint density at radius 2 is 2.00 bits per heavy atom. The highest BCUT2D eigenvalue weighted by atomic mass is 35.5. The first kappa shape index (κ1) is 29.7. The van der Waals surface area contributed by atoms with Gasteiger partial charge in [0.1, 0.15) is 6.17 Å². The Balaban J connectivity index is 1.70. The molecule has 0 aliphatic carbocycles. The predicted molar refractivity (Wildman–Crippen MR) is 157 cm³/mol. The molecule has 0 radical (unpaired) electrons. The number of anilines is 1. The molecule has 0 spiro atoms. The number of rotatable bonds is 8. The zero-order chi connectivity index (χ0) is 28.4. The minimum Gasteiger partial charge on any atom is -0.410 e. The largest absolute Gasteiger partial charge is 0.410 e. The number of nitrogens with zero attached hydrogens (tertiary/aromatic N) is 2. The van der Waals surface area contributed by atoms with Crippen molar-refractivity contribution in [2.45, 2.75) is 70.1 Å². The summed E-state index contributed by atoms with van der Waals surface area (Å²) in [6, 6.07) is 8.35. The molecule has 1 saturated heterocycles. The molecule has 11 heteroatoms. The number of hydrogen-bond acceptors (Lipinski definition) is 6. The van der Waals surface area contributed by atoms with Crippen LogP contribution in [0.4, 0.5) is 10.3 Å². The van der Waals surface area contributed by atoms with Crippen molar-refractivity contribution in [3.05, 3.63) is 74.3 Å². The van der Waals surface area contributed by atoms with Crippen LogP contribution in [0.1, 0.15) is 44.4 Å². The van der Waals surface area contributed by atoms with E-state index in [1.54, 1.807) is 24.5 Å². The minimum atomic E-state index is -2.21. The molecule has 0 saturated carbocycles. The van der Waals surface area contributed by atoms with Crippen LogP contribution in [0.2, 0.25) is 28.2 Å². The molecule has 7 nitrogen and oxygen atoms in total. The van der Waals surface area contributed by atoms with Crippen molar-refractivity contribution in [3.8, 4) is 11.3 Å². The molecular formula is C28H35Cl2FN4O3Si. The van der Waals surface area contributed by atoms with Crippen LogP contribution in [0.15, 0.2) is 47.5 Å². The second kappa shape index (κ2) is 12.1. The molecule has 3 aromatic rings. The van der Waals surface area contributed by atoms with Crippen molar-refractivity contribution in [1.82, 2.24) is 15.0 Å². The van der Waals surface area contributed by atoms with Crippen LogP contribution < -0.4 is 10.9 Å². The molecule has 1 aliphatic heterocycles. The Morgan fingerprint density at radius 1 is 1.23 bits per heavy atom. The van der Waals surface area contributed by atoms with Crippen LogP contribution in [0.5, 0.6) is 0 Å². The lowest BCUT2D eigenvalue weighted by Gasteiger charge is -2.39. The summed E-state index contributed by atoms with van der Waals surface area (Å²) in [5.74, 6) is 0.298.